The number of ether oxygens (including phenoxy) is 2. The largest absolute Gasteiger partial charge is 0.432 e. The van der Waals surface area contributed by atoms with E-state index in [1.165, 1.54) is 0 Å². The fourth-order valence-electron chi connectivity index (χ4n) is 5.39. The number of benzene rings is 4. The molecule has 1 saturated heterocycles. The van der Waals surface area contributed by atoms with E-state index >= 15 is 8.78 Å². The van der Waals surface area contributed by atoms with E-state index in [1.54, 1.807) is 0 Å². The first-order chi connectivity index (χ1) is 20.9. The van der Waals surface area contributed by atoms with Crippen molar-refractivity contribution in [1.29, 1.82) is 0 Å². The highest BCUT2D eigenvalue weighted by atomic mass is 19.3. The van der Waals surface area contributed by atoms with Gasteiger partial charge in [-0.1, -0.05) is 25.5 Å². The van der Waals surface area contributed by atoms with Crippen molar-refractivity contribution in [2.45, 2.75) is 44.8 Å². The van der Waals surface area contributed by atoms with E-state index in [2.05, 4.69) is 4.74 Å². The Kier molecular flexibility index (Phi) is 8.97. The van der Waals surface area contributed by atoms with Gasteiger partial charge in [0.25, 0.3) is 0 Å². The van der Waals surface area contributed by atoms with Crippen LogP contribution in [0.1, 0.15) is 49.8 Å². The molecule has 44 heavy (non-hydrogen) atoms. The normalized spacial score (nSPS) is 17.1. The van der Waals surface area contributed by atoms with Crippen LogP contribution in [-0.4, -0.2) is 6.61 Å². The van der Waals surface area contributed by atoms with Crippen molar-refractivity contribution in [3.05, 3.63) is 113 Å². The average Bonchev–Trinajstić information content (AvgIpc) is 2.95. The van der Waals surface area contributed by atoms with Gasteiger partial charge in [-0.3, -0.25) is 0 Å². The molecule has 1 fully saturated rings. The summed E-state index contributed by atoms with van der Waals surface area (Å²) < 4.78 is 141. The van der Waals surface area contributed by atoms with Crippen LogP contribution in [0, 0.1) is 46.6 Å². The van der Waals surface area contributed by atoms with Crippen LogP contribution in [0.2, 0.25) is 0 Å². The highest BCUT2D eigenvalue weighted by Crippen LogP contribution is 2.40. The second-order valence-corrected chi connectivity index (χ2v) is 10.6. The third-order valence-corrected chi connectivity index (χ3v) is 7.54. The van der Waals surface area contributed by atoms with E-state index in [4.69, 9.17) is 4.74 Å². The van der Waals surface area contributed by atoms with Crippen LogP contribution in [0.15, 0.2) is 60.7 Å². The molecule has 0 aromatic heterocycles. The maximum atomic E-state index is 15.1. The van der Waals surface area contributed by atoms with Crippen molar-refractivity contribution < 1.29 is 49.0 Å². The zero-order valence-corrected chi connectivity index (χ0v) is 23.2. The van der Waals surface area contributed by atoms with Crippen molar-refractivity contribution in [3.8, 4) is 28.0 Å². The van der Waals surface area contributed by atoms with Gasteiger partial charge in [-0.2, -0.15) is 8.78 Å². The third kappa shape index (κ3) is 6.43. The summed E-state index contributed by atoms with van der Waals surface area (Å²) in [7, 11) is 0. The Morgan fingerprint density at radius 2 is 1.27 bits per heavy atom. The number of halogens is 9. The molecule has 2 atom stereocenters. The van der Waals surface area contributed by atoms with E-state index in [9.17, 15) is 30.7 Å². The highest BCUT2D eigenvalue weighted by Gasteiger charge is 2.41. The second kappa shape index (κ2) is 12.6. The lowest BCUT2D eigenvalue weighted by Gasteiger charge is -2.29. The Morgan fingerprint density at radius 1 is 0.705 bits per heavy atom. The molecule has 2 nitrogen and oxygen atoms in total. The van der Waals surface area contributed by atoms with Crippen molar-refractivity contribution in [1.82, 2.24) is 0 Å². The molecule has 2 unspecified atom stereocenters. The van der Waals surface area contributed by atoms with Crippen LogP contribution in [0.3, 0.4) is 0 Å². The minimum absolute atomic E-state index is 0.103. The first-order valence-electron chi connectivity index (χ1n) is 13.8. The summed E-state index contributed by atoms with van der Waals surface area (Å²) in [5, 5.41) is 0. The topological polar surface area (TPSA) is 18.5 Å². The van der Waals surface area contributed by atoms with E-state index in [-0.39, 0.29) is 16.7 Å². The molecule has 1 aliphatic rings. The molecule has 0 aliphatic carbocycles. The Labute approximate surface area is 247 Å². The molecule has 0 N–H and O–H groups in total. The Morgan fingerprint density at radius 3 is 1.80 bits per heavy atom. The van der Waals surface area contributed by atoms with Crippen LogP contribution < -0.4 is 4.74 Å². The molecule has 0 bridgehead atoms. The predicted molar refractivity (Wildman–Crippen MR) is 144 cm³/mol. The van der Waals surface area contributed by atoms with Gasteiger partial charge in [0.15, 0.2) is 17.5 Å². The Balaban J connectivity index is 1.36. The first kappa shape index (κ1) is 31.4. The van der Waals surface area contributed by atoms with Crippen LogP contribution >= 0.6 is 0 Å². The van der Waals surface area contributed by atoms with Crippen LogP contribution in [0.5, 0.6) is 5.75 Å². The molecule has 4 aromatic carbocycles. The highest BCUT2D eigenvalue weighted by molar-refractivity contribution is 5.67. The van der Waals surface area contributed by atoms with Crippen LogP contribution in [-0.2, 0) is 10.8 Å². The molecule has 5 rings (SSSR count). The van der Waals surface area contributed by atoms with E-state index in [0.717, 1.165) is 55.7 Å². The smallest absolute Gasteiger partial charge is 0.429 e. The average molecular weight is 625 g/mol. The lowest BCUT2D eigenvalue weighted by molar-refractivity contribution is -0.189. The van der Waals surface area contributed by atoms with Crippen molar-refractivity contribution in [3.63, 3.8) is 0 Å². The van der Waals surface area contributed by atoms with Gasteiger partial charge in [0, 0.05) is 0 Å². The molecule has 1 aliphatic heterocycles. The molecule has 232 valence electrons. The summed E-state index contributed by atoms with van der Waals surface area (Å²) in [5.74, 6) is -10.8. The molecule has 4 aromatic rings. The zero-order valence-electron chi connectivity index (χ0n) is 23.2. The summed E-state index contributed by atoms with van der Waals surface area (Å²) in [5.41, 5.74) is -3.03. The first-order valence-corrected chi connectivity index (χ1v) is 13.8. The van der Waals surface area contributed by atoms with Crippen LogP contribution in [0.25, 0.3) is 22.3 Å². The molecular formula is C33H25F9O2. The fraction of sp³-hybridized carbons (Fsp3) is 0.273. The Bertz CT molecular complexity index is 1590. The minimum atomic E-state index is -4.59. The van der Waals surface area contributed by atoms with Gasteiger partial charge in [-0.05, 0) is 96.0 Å². The molecule has 0 amide bonds. The van der Waals surface area contributed by atoms with E-state index < -0.39 is 75.4 Å². The molecule has 0 radical (unpaired) electrons. The monoisotopic (exact) mass is 624 g/mol. The maximum Gasteiger partial charge on any atom is 0.432 e. The maximum absolute atomic E-state index is 15.1. The summed E-state index contributed by atoms with van der Waals surface area (Å²) >= 11 is 0. The van der Waals surface area contributed by atoms with Crippen molar-refractivity contribution in [2.75, 3.05) is 6.61 Å². The number of alkyl halides is 2. The third-order valence-electron chi connectivity index (χ3n) is 7.54. The van der Waals surface area contributed by atoms with Crippen molar-refractivity contribution in [2.24, 2.45) is 5.92 Å². The summed E-state index contributed by atoms with van der Waals surface area (Å²) in [4.78, 5) is 0. The Hall–Kier alpha value is -3.99. The number of hydrogen-bond acceptors (Lipinski definition) is 2. The van der Waals surface area contributed by atoms with Gasteiger partial charge in [0.2, 0.25) is 0 Å². The van der Waals surface area contributed by atoms with Gasteiger partial charge in [0.05, 0.1) is 18.3 Å². The summed E-state index contributed by atoms with van der Waals surface area (Å²) in [6, 6.07) is 8.27. The van der Waals surface area contributed by atoms with Crippen LogP contribution in [0.4, 0.5) is 39.5 Å². The van der Waals surface area contributed by atoms with Gasteiger partial charge >= 0.3 is 6.11 Å². The van der Waals surface area contributed by atoms with Gasteiger partial charge in [-0.25, -0.2) is 30.7 Å². The molecular weight excluding hydrogens is 599 g/mol. The summed E-state index contributed by atoms with van der Waals surface area (Å²) in [6.45, 7) is 2.49. The summed E-state index contributed by atoms with van der Waals surface area (Å²) in [6.07, 6.45) is -1.83. The predicted octanol–water partition coefficient (Wildman–Crippen LogP) is 10.4. The van der Waals surface area contributed by atoms with E-state index in [1.807, 2.05) is 6.92 Å². The SMILES string of the molecule is CCCC1CCC(c2cc(F)c(-c3cc(F)c(C(F)(F)Oc4ccc(-c5cc(F)c(F)c(F)c5)cc4)c(F)c3)c(F)c2)OC1. The van der Waals surface area contributed by atoms with Gasteiger partial charge in [-0.15, -0.1) is 0 Å². The standard InChI is InChI=1S/C33H25F9O2/c1-2-3-17-4-9-29(43-16-17)20-12-23(34)30(24(35)13-20)21-14-25(36)31(26(37)15-21)33(41,42)44-22-7-5-18(6-8-22)19-10-27(38)32(40)28(39)11-19/h5-8,10-15,17,29H,2-4,9,16H2,1H3. The van der Waals surface area contributed by atoms with Crippen molar-refractivity contribution >= 4 is 0 Å². The minimum Gasteiger partial charge on any atom is -0.429 e. The molecule has 11 heteroatoms. The number of rotatable bonds is 8. The molecule has 0 saturated carbocycles. The van der Waals surface area contributed by atoms with Gasteiger partial charge < -0.3 is 9.47 Å². The van der Waals surface area contributed by atoms with Gasteiger partial charge in [0.1, 0.15) is 34.6 Å². The second-order valence-electron chi connectivity index (χ2n) is 10.6. The lowest BCUT2D eigenvalue weighted by atomic mass is 9.91. The molecule has 0 spiro atoms. The fourth-order valence-corrected chi connectivity index (χ4v) is 5.39. The zero-order chi connectivity index (χ0) is 31.8. The quantitative estimate of drug-likeness (QED) is 0.144. The lowest BCUT2D eigenvalue weighted by Crippen LogP contribution is -2.25. The van der Waals surface area contributed by atoms with E-state index in [0.29, 0.717) is 43.2 Å². The molecule has 1 heterocycles. The number of hydrogen-bond donors (Lipinski definition) is 0.